The molecule has 0 aromatic heterocycles. The predicted molar refractivity (Wildman–Crippen MR) is 98.7 cm³/mol. The monoisotopic (exact) mass is 344 g/mol. The van der Waals surface area contributed by atoms with Gasteiger partial charge in [0.15, 0.2) is 0 Å². The van der Waals surface area contributed by atoms with Crippen LogP contribution < -0.4 is 9.80 Å². The molecule has 0 radical (unpaired) electrons. The molecule has 0 spiro atoms. The maximum atomic E-state index is 12.8. The van der Waals surface area contributed by atoms with Crippen molar-refractivity contribution in [3.63, 3.8) is 0 Å². The Morgan fingerprint density at radius 3 is 2.29 bits per heavy atom. The van der Waals surface area contributed by atoms with Crippen LogP contribution in [0.3, 0.4) is 0 Å². The van der Waals surface area contributed by atoms with Crippen LogP contribution in [0.15, 0.2) is 48.5 Å². The van der Waals surface area contributed by atoms with Crippen LogP contribution in [-0.4, -0.2) is 24.9 Å². The van der Waals surface area contributed by atoms with Gasteiger partial charge in [0, 0.05) is 29.9 Å². The highest BCUT2D eigenvalue weighted by molar-refractivity contribution is 6.31. The first-order valence-electron chi connectivity index (χ1n) is 7.83. The lowest BCUT2D eigenvalue weighted by atomic mass is 10.1. The smallest absolute Gasteiger partial charge is 0.247 e. The maximum Gasteiger partial charge on any atom is 0.247 e. The number of likely N-dealkylation sites (N-methyl/N-ethyl adjacent to an activating group) is 1. The molecule has 0 saturated heterocycles. The van der Waals surface area contributed by atoms with Crippen LogP contribution in [0.1, 0.15) is 19.4 Å². The molecular formula is C19H21ClN2O2. The molecule has 0 fully saturated rings. The molecule has 2 rings (SSSR count). The van der Waals surface area contributed by atoms with Crippen molar-refractivity contribution in [1.29, 1.82) is 0 Å². The Morgan fingerprint density at radius 2 is 1.71 bits per heavy atom. The van der Waals surface area contributed by atoms with Crippen LogP contribution in [0, 0.1) is 6.92 Å². The summed E-state index contributed by atoms with van der Waals surface area (Å²) in [5.74, 6) is -0.337. The number of benzene rings is 2. The molecule has 0 unspecified atom stereocenters. The Balaban J connectivity index is 2.29. The molecule has 0 bridgehead atoms. The van der Waals surface area contributed by atoms with E-state index in [1.807, 2.05) is 50.2 Å². The summed E-state index contributed by atoms with van der Waals surface area (Å²) in [5, 5.41) is 0.532. The predicted octanol–water partition coefficient (Wildman–Crippen LogP) is 4.05. The summed E-state index contributed by atoms with van der Waals surface area (Å²) in [6, 6.07) is 14.7. The van der Waals surface area contributed by atoms with Crippen molar-refractivity contribution >= 4 is 34.8 Å². The molecule has 0 atom stereocenters. The van der Waals surface area contributed by atoms with Gasteiger partial charge in [-0.25, -0.2) is 0 Å². The second-order valence-electron chi connectivity index (χ2n) is 5.51. The van der Waals surface area contributed by atoms with Crippen LogP contribution in [-0.2, 0) is 9.59 Å². The van der Waals surface area contributed by atoms with Crippen LogP contribution in [0.4, 0.5) is 11.4 Å². The average Bonchev–Trinajstić information content (AvgIpc) is 2.56. The van der Waals surface area contributed by atoms with E-state index in [0.717, 1.165) is 11.3 Å². The van der Waals surface area contributed by atoms with Crippen LogP contribution in [0.25, 0.3) is 0 Å². The molecule has 0 aliphatic carbocycles. The van der Waals surface area contributed by atoms with Crippen LogP contribution in [0.5, 0.6) is 0 Å². The lowest BCUT2D eigenvalue weighted by Gasteiger charge is -2.27. The zero-order valence-corrected chi connectivity index (χ0v) is 14.9. The first-order chi connectivity index (χ1) is 11.4. The largest absolute Gasteiger partial charge is 0.311 e. The number of aryl methyl sites for hydroxylation is 1. The third-order valence-corrected chi connectivity index (χ3v) is 4.06. The lowest BCUT2D eigenvalue weighted by molar-refractivity contribution is -0.121. The van der Waals surface area contributed by atoms with Crippen molar-refractivity contribution in [3.8, 4) is 0 Å². The zero-order chi connectivity index (χ0) is 17.7. The number of nitrogens with zero attached hydrogens (tertiary/aromatic N) is 2. The standard InChI is InChI=1S/C19H21ClN2O2/c1-4-21(17-8-6-5-7-9-17)19(24)13-22(15(3)23)18-12-16(20)11-10-14(18)2/h5-12H,4,13H2,1-3H3. The van der Waals surface area contributed by atoms with Gasteiger partial charge in [0.25, 0.3) is 0 Å². The van der Waals surface area contributed by atoms with Crippen LogP contribution >= 0.6 is 11.6 Å². The number of halogens is 1. The highest BCUT2D eigenvalue weighted by atomic mass is 35.5. The van der Waals surface area contributed by atoms with E-state index in [1.165, 1.54) is 11.8 Å². The summed E-state index contributed by atoms with van der Waals surface area (Å²) >= 11 is 6.05. The number of amides is 2. The van der Waals surface area contributed by atoms with Crippen molar-refractivity contribution in [2.24, 2.45) is 0 Å². The Kier molecular flexibility index (Phi) is 5.99. The molecular weight excluding hydrogens is 324 g/mol. The van der Waals surface area contributed by atoms with Crippen molar-refractivity contribution < 1.29 is 9.59 Å². The highest BCUT2D eigenvalue weighted by Crippen LogP contribution is 2.25. The molecule has 4 nitrogen and oxygen atoms in total. The molecule has 0 aliphatic rings. The first-order valence-corrected chi connectivity index (χ1v) is 8.21. The fourth-order valence-electron chi connectivity index (χ4n) is 2.57. The van der Waals surface area contributed by atoms with E-state index in [4.69, 9.17) is 11.6 Å². The molecule has 0 saturated carbocycles. The molecule has 0 heterocycles. The fraction of sp³-hybridized carbons (Fsp3) is 0.263. The minimum absolute atomic E-state index is 0.0285. The molecule has 126 valence electrons. The summed E-state index contributed by atoms with van der Waals surface area (Å²) in [7, 11) is 0. The lowest BCUT2D eigenvalue weighted by Crippen LogP contribution is -2.42. The van der Waals surface area contributed by atoms with E-state index in [2.05, 4.69) is 0 Å². The summed E-state index contributed by atoms with van der Waals surface area (Å²) in [6.45, 7) is 5.75. The van der Waals surface area contributed by atoms with Gasteiger partial charge in [0.2, 0.25) is 11.8 Å². The molecule has 5 heteroatoms. The van der Waals surface area contributed by atoms with E-state index in [-0.39, 0.29) is 18.4 Å². The van der Waals surface area contributed by atoms with Gasteiger partial charge in [-0.1, -0.05) is 35.9 Å². The normalized spacial score (nSPS) is 10.3. The molecule has 2 aromatic carbocycles. The third kappa shape index (κ3) is 4.15. The number of carbonyl (C=O) groups is 2. The number of hydrogen-bond donors (Lipinski definition) is 0. The Labute approximate surface area is 147 Å². The average molecular weight is 345 g/mol. The van der Waals surface area contributed by atoms with Gasteiger partial charge in [0.1, 0.15) is 6.54 Å². The van der Waals surface area contributed by atoms with E-state index in [9.17, 15) is 9.59 Å². The summed E-state index contributed by atoms with van der Waals surface area (Å²) < 4.78 is 0. The van der Waals surface area contributed by atoms with Gasteiger partial charge in [-0.15, -0.1) is 0 Å². The topological polar surface area (TPSA) is 40.6 Å². The maximum absolute atomic E-state index is 12.8. The summed E-state index contributed by atoms with van der Waals surface area (Å²) in [4.78, 5) is 28.0. The number of para-hydroxylation sites is 1. The third-order valence-electron chi connectivity index (χ3n) is 3.82. The summed E-state index contributed by atoms with van der Waals surface area (Å²) in [5.41, 5.74) is 2.37. The quantitative estimate of drug-likeness (QED) is 0.820. The second kappa shape index (κ2) is 7.97. The van der Waals surface area contributed by atoms with Gasteiger partial charge in [-0.3, -0.25) is 9.59 Å². The zero-order valence-electron chi connectivity index (χ0n) is 14.1. The van der Waals surface area contributed by atoms with E-state index in [1.54, 1.807) is 17.0 Å². The number of carbonyl (C=O) groups excluding carboxylic acids is 2. The molecule has 2 amide bonds. The first kappa shape index (κ1) is 18.0. The fourth-order valence-corrected chi connectivity index (χ4v) is 2.74. The minimum Gasteiger partial charge on any atom is -0.311 e. The highest BCUT2D eigenvalue weighted by Gasteiger charge is 2.22. The molecule has 0 aliphatic heterocycles. The Morgan fingerprint density at radius 1 is 1.04 bits per heavy atom. The minimum atomic E-state index is -0.196. The van der Waals surface area contributed by atoms with E-state index >= 15 is 0 Å². The van der Waals surface area contributed by atoms with Crippen molar-refractivity contribution in [3.05, 3.63) is 59.1 Å². The van der Waals surface area contributed by atoms with Gasteiger partial charge in [0.05, 0.1) is 0 Å². The number of hydrogen-bond acceptors (Lipinski definition) is 2. The molecule has 2 aromatic rings. The van der Waals surface area contributed by atoms with Gasteiger partial charge >= 0.3 is 0 Å². The van der Waals surface area contributed by atoms with Crippen molar-refractivity contribution in [2.75, 3.05) is 22.9 Å². The second-order valence-corrected chi connectivity index (χ2v) is 5.95. The van der Waals surface area contributed by atoms with Gasteiger partial charge in [-0.05, 0) is 43.7 Å². The Bertz CT molecular complexity index is 731. The summed E-state index contributed by atoms with van der Waals surface area (Å²) in [6.07, 6.45) is 0. The molecule has 24 heavy (non-hydrogen) atoms. The van der Waals surface area contributed by atoms with Crippen molar-refractivity contribution in [1.82, 2.24) is 0 Å². The van der Waals surface area contributed by atoms with Gasteiger partial charge in [-0.2, -0.15) is 0 Å². The number of rotatable bonds is 5. The number of anilines is 2. The Hall–Kier alpha value is -2.33. The molecule has 0 N–H and O–H groups in total. The van der Waals surface area contributed by atoms with E-state index in [0.29, 0.717) is 17.3 Å². The SMILES string of the molecule is CCN(C(=O)CN(C(C)=O)c1cc(Cl)ccc1C)c1ccccc1. The van der Waals surface area contributed by atoms with Crippen LogP contribution in [0.2, 0.25) is 5.02 Å². The van der Waals surface area contributed by atoms with Crippen molar-refractivity contribution in [2.45, 2.75) is 20.8 Å². The van der Waals surface area contributed by atoms with Gasteiger partial charge < -0.3 is 9.80 Å². The van der Waals surface area contributed by atoms with E-state index < -0.39 is 0 Å².